The Labute approximate surface area is 110 Å². The first-order valence-corrected chi connectivity index (χ1v) is 6.09. The minimum absolute atomic E-state index is 0.0204. The first-order valence-electron chi connectivity index (χ1n) is 5.72. The van der Waals surface area contributed by atoms with E-state index in [0.717, 1.165) is 16.5 Å². The van der Waals surface area contributed by atoms with Crippen molar-refractivity contribution < 1.29 is 9.53 Å². The van der Waals surface area contributed by atoms with Crippen LogP contribution in [0.3, 0.4) is 0 Å². The van der Waals surface area contributed by atoms with Crippen molar-refractivity contribution in [3.05, 3.63) is 35.0 Å². The molecule has 5 heteroatoms. The molecule has 0 saturated carbocycles. The maximum Gasteiger partial charge on any atom is 0.224 e. The van der Waals surface area contributed by atoms with E-state index in [1.54, 1.807) is 7.11 Å². The number of nitrogens with one attached hydrogen (secondary N) is 2. The monoisotopic (exact) mass is 266 g/mol. The van der Waals surface area contributed by atoms with E-state index in [4.69, 9.17) is 16.3 Å². The van der Waals surface area contributed by atoms with Crippen LogP contribution in [0.4, 0.5) is 0 Å². The lowest BCUT2D eigenvalue weighted by Gasteiger charge is -2.03. The molecular weight excluding hydrogens is 252 g/mol. The van der Waals surface area contributed by atoms with Crippen molar-refractivity contribution in [3.63, 3.8) is 0 Å². The Morgan fingerprint density at radius 1 is 1.50 bits per heavy atom. The van der Waals surface area contributed by atoms with Gasteiger partial charge in [0, 0.05) is 35.8 Å². The van der Waals surface area contributed by atoms with E-state index < -0.39 is 0 Å². The Balaban J connectivity index is 2.07. The number of methoxy groups -OCH3 is 1. The third-order valence-electron chi connectivity index (χ3n) is 2.71. The fourth-order valence-corrected chi connectivity index (χ4v) is 2.00. The molecule has 0 bridgehead atoms. The minimum atomic E-state index is -0.0204. The molecule has 96 valence electrons. The van der Waals surface area contributed by atoms with Gasteiger partial charge in [0.25, 0.3) is 0 Å². The summed E-state index contributed by atoms with van der Waals surface area (Å²) in [7, 11) is 1.60. The van der Waals surface area contributed by atoms with E-state index in [-0.39, 0.29) is 5.91 Å². The van der Waals surface area contributed by atoms with Gasteiger partial charge >= 0.3 is 0 Å². The standard InChI is InChI=1S/C13H15ClN2O2/c1-18-5-4-15-13(17)6-9-8-16-12-3-2-10(14)7-11(9)12/h2-3,7-8,16H,4-6H2,1H3,(H,15,17). The summed E-state index contributed by atoms with van der Waals surface area (Å²) in [6, 6.07) is 5.60. The van der Waals surface area contributed by atoms with Crippen molar-refractivity contribution in [2.24, 2.45) is 0 Å². The van der Waals surface area contributed by atoms with Crippen LogP contribution in [0.1, 0.15) is 5.56 Å². The summed E-state index contributed by atoms with van der Waals surface area (Å²) in [5.74, 6) is -0.0204. The zero-order valence-corrected chi connectivity index (χ0v) is 10.9. The smallest absolute Gasteiger partial charge is 0.224 e. The number of rotatable bonds is 5. The molecule has 0 aliphatic heterocycles. The van der Waals surface area contributed by atoms with Gasteiger partial charge in [0.2, 0.25) is 5.91 Å². The third-order valence-corrected chi connectivity index (χ3v) is 2.94. The van der Waals surface area contributed by atoms with Gasteiger partial charge in [-0.25, -0.2) is 0 Å². The van der Waals surface area contributed by atoms with Crippen molar-refractivity contribution >= 4 is 28.4 Å². The summed E-state index contributed by atoms with van der Waals surface area (Å²) in [5, 5.41) is 4.45. The molecule has 18 heavy (non-hydrogen) atoms. The summed E-state index contributed by atoms with van der Waals surface area (Å²) in [5.41, 5.74) is 1.93. The van der Waals surface area contributed by atoms with Crippen LogP contribution in [-0.2, 0) is 16.0 Å². The molecule has 0 radical (unpaired) electrons. The second kappa shape index (κ2) is 5.89. The molecular formula is C13H15ClN2O2. The number of hydrogen-bond acceptors (Lipinski definition) is 2. The quantitative estimate of drug-likeness (QED) is 0.815. The lowest BCUT2D eigenvalue weighted by molar-refractivity contribution is -0.120. The van der Waals surface area contributed by atoms with E-state index in [9.17, 15) is 4.79 Å². The van der Waals surface area contributed by atoms with E-state index >= 15 is 0 Å². The van der Waals surface area contributed by atoms with Gasteiger partial charge in [-0.1, -0.05) is 11.6 Å². The molecule has 0 aliphatic carbocycles. The van der Waals surface area contributed by atoms with Crippen LogP contribution >= 0.6 is 11.6 Å². The van der Waals surface area contributed by atoms with Crippen molar-refractivity contribution in [2.45, 2.75) is 6.42 Å². The van der Waals surface area contributed by atoms with E-state index in [1.807, 2.05) is 24.4 Å². The lowest BCUT2D eigenvalue weighted by Crippen LogP contribution is -2.28. The number of carbonyl (C=O) groups is 1. The van der Waals surface area contributed by atoms with Crippen LogP contribution in [0.25, 0.3) is 10.9 Å². The van der Waals surface area contributed by atoms with Crippen LogP contribution in [0.5, 0.6) is 0 Å². The van der Waals surface area contributed by atoms with Gasteiger partial charge in [-0.2, -0.15) is 0 Å². The first-order chi connectivity index (χ1) is 8.70. The van der Waals surface area contributed by atoms with Gasteiger partial charge < -0.3 is 15.0 Å². The van der Waals surface area contributed by atoms with Crippen LogP contribution in [0, 0.1) is 0 Å². The number of aromatic nitrogens is 1. The zero-order chi connectivity index (χ0) is 13.0. The molecule has 4 nitrogen and oxygen atoms in total. The van der Waals surface area contributed by atoms with Gasteiger partial charge in [0.15, 0.2) is 0 Å². The molecule has 0 atom stereocenters. The Bertz CT molecular complexity index is 551. The Morgan fingerprint density at radius 3 is 3.11 bits per heavy atom. The maximum absolute atomic E-state index is 11.7. The van der Waals surface area contributed by atoms with Crippen LogP contribution < -0.4 is 5.32 Å². The number of carbonyl (C=O) groups excluding carboxylic acids is 1. The molecule has 0 fully saturated rings. The zero-order valence-electron chi connectivity index (χ0n) is 10.1. The number of H-pyrrole nitrogens is 1. The highest BCUT2D eigenvalue weighted by atomic mass is 35.5. The molecule has 2 rings (SSSR count). The number of fused-ring (bicyclic) bond motifs is 1. The number of ether oxygens (including phenoxy) is 1. The molecule has 1 aromatic carbocycles. The highest BCUT2D eigenvalue weighted by Crippen LogP contribution is 2.22. The number of aromatic amines is 1. The molecule has 0 saturated heterocycles. The van der Waals surface area contributed by atoms with E-state index in [1.165, 1.54) is 0 Å². The van der Waals surface area contributed by atoms with Gasteiger partial charge in [-0.3, -0.25) is 4.79 Å². The molecule has 2 aromatic rings. The molecule has 1 heterocycles. The fourth-order valence-electron chi connectivity index (χ4n) is 1.82. The number of benzene rings is 1. The van der Waals surface area contributed by atoms with Gasteiger partial charge in [-0.15, -0.1) is 0 Å². The summed E-state index contributed by atoms with van der Waals surface area (Å²) in [4.78, 5) is 14.8. The van der Waals surface area contributed by atoms with Crippen molar-refractivity contribution in [3.8, 4) is 0 Å². The lowest BCUT2D eigenvalue weighted by atomic mass is 10.1. The number of amides is 1. The van der Waals surface area contributed by atoms with Gasteiger partial charge in [0.1, 0.15) is 0 Å². The Hall–Kier alpha value is -1.52. The highest BCUT2D eigenvalue weighted by Gasteiger charge is 2.08. The van der Waals surface area contributed by atoms with Crippen LogP contribution in [0.2, 0.25) is 5.02 Å². The normalized spacial score (nSPS) is 10.8. The van der Waals surface area contributed by atoms with Crippen LogP contribution in [-0.4, -0.2) is 31.2 Å². The molecule has 0 aliphatic rings. The number of halogens is 1. The summed E-state index contributed by atoms with van der Waals surface area (Å²) < 4.78 is 4.88. The molecule has 0 unspecified atom stereocenters. The van der Waals surface area contributed by atoms with Crippen molar-refractivity contribution in [1.82, 2.24) is 10.3 Å². The summed E-state index contributed by atoms with van der Waals surface area (Å²) >= 11 is 5.96. The third kappa shape index (κ3) is 3.03. The highest BCUT2D eigenvalue weighted by molar-refractivity contribution is 6.31. The Kier molecular flexibility index (Phi) is 4.23. The largest absolute Gasteiger partial charge is 0.383 e. The van der Waals surface area contributed by atoms with Gasteiger partial charge in [-0.05, 0) is 23.8 Å². The minimum Gasteiger partial charge on any atom is -0.383 e. The van der Waals surface area contributed by atoms with E-state index in [0.29, 0.717) is 24.6 Å². The number of hydrogen-bond donors (Lipinski definition) is 2. The molecule has 1 aromatic heterocycles. The van der Waals surface area contributed by atoms with Crippen molar-refractivity contribution in [2.75, 3.05) is 20.3 Å². The van der Waals surface area contributed by atoms with E-state index in [2.05, 4.69) is 10.3 Å². The average molecular weight is 267 g/mol. The predicted molar refractivity (Wildman–Crippen MR) is 71.9 cm³/mol. The predicted octanol–water partition coefficient (Wildman–Crippen LogP) is 2.13. The topological polar surface area (TPSA) is 54.1 Å². The second-order valence-electron chi connectivity index (χ2n) is 4.02. The van der Waals surface area contributed by atoms with Crippen molar-refractivity contribution in [1.29, 1.82) is 0 Å². The first kappa shape index (κ1) is 12.9. The Morgan fingerprint density at radius 2 is 2.33 bits per heavy atom. The summed E-state index contributed by atoms with van der Waals surface area (Å²) in [6.07, 6.45) is 2.18. The van der Waals surface area contributed by atoms with Gasteiger partial charge in [0.05, 0.1) is 13.0 Å². The summed E-state index contributed by atoms with van der Waals surface area (Å²) in [6.45, 7) is 1.05. The maximum atomic E-state index is 11.7. The fraction of sp³-hybridized carbons (Fsp3) is 0.308. The average Bonchev–Trinajstić information content (AvgIpc) is 2.72. The van der Waals surface area contributed by atoms with Crippen LogP contribution in [0.15, 0.2) is 24.4 Å². The second-order valence-corrected chi connectivity index (χ2v) is 4.46. The SMILES string of the molecule is COCCNC(=O)Cc1c[nH]c2ccc(Cl)cc12. The molecule has 0 spiro atoms. The molecule has 1 amide bonds. The molecule has 2 N–H and O–H groups in total.